The molecule has 1 heteroatoms. The van der Waals surface area contributed by atoms with Crippen molar-refractivity contribution in [1.82, 2.24) is 0 Å². The van der Waals surface area contributed by atoms with Crippen LogP contribution in [0.4, 0.5) is 0 Å². The van der Waals surface area contributed by atoms with Gasteiger partial charge in [0.1, 0.15) is 0 Å². The first kappa shape index (κ1) is 8.72. The third-order valence-corrected chi connectivity index (χ3v) is 1.91. The molecule has 0 saturated carbocycles. The van der Waals surface area contributed by atoms with Crippen LogP contribution in [0.1, 0.15) is 28.4 Å². The maximum atomic E-state index is 11.0. The standard InChI is InChI=1S/C11H12O/c1-4-10-7-11(9(3)12)6-5-8(10)2/h4-7H,1H2,2-3H3. The van der Waals surface area contributed by atoms with E-state index in [0.717, 1.165) is 16.7 Å². The van der Waals surface area contributed by atoms with Crippen LogP contribution in [0.5, 0.6) is 0 Å². The molecule has 0 radical (unpaired) electrons. The Bertz CT molecular complexity index is 324. The highest BCUT2D eigenvalue weighted by molar-refractivity contribution is 5.94. The van der Waals surface area contributed by atoms with E-state index in [1.165, 1.54) is 0 Å². The van der Waals surface area contributed by atoms with E-state index in [0.29, 0.717) is 0 Å². The number of rotatable bonds is 2. The lowest BCUT2D eigenvalue weighted by Gasteiger charge is -2.01. The summed E-state index contributed by atoms with van der Waals surface area (Å²) in [4.78, 5) is 11.0. The first-order valence-electron chi connectivity index (χ1n) is 3.89. The SMILES string of the molecule is C=Cc1cc(C(C)=O)ccc1C. The van der Waals surface area contributed by atoms with Crippen LogP contribution in [-0.4, -0.2) is 5.78 Å². The fourth-order valence-corrected chi connectivity index (χ4v) is 1.08. The predicted molar refractivity (Wildman–Crippen MR) is 51.3 cm³/mol. The largest absolute Gasteiger partial charge is 0.295 e. The van der Waals surface area contributed by atoms with E-state index in [4.69, 9.17) is 0 Å². The summed E-state index contributed by atoms with van der Waals surface area (Å²) < 4.78 is 0. The molecule has 62 valence electrons. The summed E-state index contributed by atoms with van der Waals surface area (Å²) in [6, 6.07) is 5.64. The number of hydrogen-bond acceptors (Lipinski definition) is 1. The molecule has 0 amide bonds. The van der Waals surface area contributed by atoms with E-state index in [-0.39, 0.29) is 5.78 Å². The number of hydrogen-bond donors (Lipinski definition) is 0. The van der Waals surface area contributed by atoms with Crippen LogP contribution in [0.3, 0.4) is 0 Å². The molecule has 0 heterocycles. The van der Waals surface area contributed by atoms with Gasteiger partial charge >= 0.3 is 0 Å². The first-order chi connectivity index (χ1) is 5.65. The van der Waals surface area contributed by atoms with Crippen LogP contribution in [0.25, 0.3) is 6.08 Å². The Morgan fingerprint density at radius 1 is 1.50 bits per heavy atom. The van der Waals surface area contributed by atoms with Gasteiger partial charge in [0.05, 0.1) is 0 Å². The van der Waals surface area contributed by atoms with Crippen LogP contribution in [-0.2, 0) is 0 Å². The van der Waals surface area contributed by atoms with Gasteiger partial charge in [-0.2, -0.15) is 0 Å². The zero-order chi connectivity index (χ0) is 9.14. The van der Waals surface area contributed by atoms with Gasteiger partial charge in [-0.25, -0.2) is 0 Å². The third kappa shape index (κ3) is 1.62. The minimum atomic E-state index is 0.0955. The average molecular weight is 160 g/mol. The third-order valence-electron chi connectivity index (χ3n) is 1.91. The van der Waals surface area contributed by atoms with Crippen molar-refractivity contribution in [3.05, 3.63) is 41.5 Å². The lowest BCUT2D eigenvalue weighted by Crippen LogP contribution is -1.93. The number of aryl methyl sites for hydroxylation is 1. The highest BCUT2D eigenvalue weighted by Gasteiger charge is 2.00. The van der Waals surface area contributed by atoms with Gasteiger partial charge in [0.15, 0.2) is 5.78 Å². The molecule has 0 aromatic heterocycles. The first-order valence-corrected chi connectivity index (χ1v) is 3.89. The second kappa shape index (κ2) is 3.35. The quantitative estimate of drug-likeness (QED) is 0.608. The Kier molecular flexibility index (Phi) is 2.44. The minimum Gasteiger partial charge on any atom is -0.295 e. The van der Waals surface area contributed by atoms with Gasteiger partial charge in [0.2, 0.25) is 0 Å². The minimum absolute atomic E-state index is 0.0955. The van der Waals surface area contributed by atoms with Crippen molar-refractivity contribution in [2.24, 2.45) is 0 Å². The molecule has 0 fully saturated rings. The number of carbonyl (C=O) groups excluding carboxylic acids is 1. The van der Waals surface area contributed by atoms with Gasteiger partial charge < -0.3 is 0 Å². The summed E-state index contributed by atoms with van der Waals surface area (Å²) in [5.41, 5.74) is 2.92. The molecule has 1 rings (SSSR count). The Balaban J connectivity index is 3.22. The van der Waals surface area contributed by atoms with E-state index in [9.17, 15) is 4.79 Å². The smallest absolute Gasteiger partial charge is 0.159 e. The van der Waals surface area contributed by atoms with Gasteiger partial charge in [-0.1, -0.05) is 24.8 Å². The predicted octanol–water partition coefficient (Wildman–Crippen LogP) is 2.84. The summed E-state index contributed by atoms with van der Waals surface area (Å²) in [7, 11) is 0. The molecule has 0 aliphatic carbocycles. The van der Waals surface area contributed by atoms with E-state index in [1.54, 1.807) is 13.0 Å². The Labute approximate surface area is 72.7 Å². The van der Waals surface area contributed by atoms with Gasteiger partial charge in [0.25, 0.3) is 0 Å². The van der Waals surface area contributed by atoms with Crippen molar-refractivity contribution in [3.8, 4) is 0 Å². The van der Waals surface area contributed by atoms with E-state index in [1.807, 2.05) is 25.1 Å². The topological polar surface area (TPSA) is 17.1 Å². The monoisotopic (exact) mass is 160 g/mol. The van der Waals surface area contributed by atoms with E-state index >= 15 is 0 Å². The molecule has 1 aromatic rings. The molecule has 0 atom stereocenters. The lowest BCUT2D eigenvalue weighted by molar-refractivity contribution is 0.101. The second-order valence-corrected chi connectivity index (χ2v) is 2.83. The number of benzene rings is 1. The Morgan fingerprint density at radius 3 is 2.67 bits per heavy atom. The van der Waals surface area contributed by atoms with E-state index < -0.39 is 0 Å². The average Bonchev–Trinajstić information content (AvgIpc) is 2.05. The molecule has 12 heavy (non-hydrogen) atoms. The molecular formula is C11H12O. The summed E-state index contributed by atoms with van der Waals surface area (Å²) in [6.45, 7) is 7.25. The zero-order valence-electron chi connectivity index (χ0n) is 7.42. The van der Waals surface area contributed by atoms with E-state index in [2.05, 4.69) is 6.58 Å². The van der Waals surface area contributed by atoms with Gasteiger partial charge in [-0.05, 0) is 31.0 Å². The fourth-order valence-electron chi connectivity index (χ4n) is 1.08. The molecule has 0 bridgehead atoms. The Hall–Kier alpha value is -1.37. The maximum absolute atomic E-state index is 11.0. The summed E-state index contributed by atoms with van der Waals surface area (Å²) in [5, 5.41) is 0. The fraction of sp³-hybridized carbons (Fsp3) is 0.182. The molecule has 0 unspecified atom stereocenters. The van der Waals surface area contributed by atoms with Crippen LogP contribution in [0, 0.1) is 6.92 Å². The molecule has 0 aliphatic rings. The summed E-state index contributed by atoms with van der Waals surface area (Å²) >= 11 is 0. The van der Waals surface area contributed by atoms with Crippen molar-refractivity contribution < 1.29 is 4.79 Å². The number of carbonyl (C=O) groups is 1. The van der Waals surface area contributed by atoms with Crippen LogP contribution in [0.2, 0.25) is 0 Å². The maximum Gasteiger partial charge on any atom is 0.159 e. The molecule has 0 aliphatic heterocycles. The molecule has 0 N–H and O–H groups in total. The molecule has 1 aromatic carbocycles. The Morgan fingerprint density at radius 2 is 2.17 bits per heavy atom. The van der Waals surface area contributed by atoms with Gasteiger partial charge in [-0.15, -0.1) is 0 Å². The molecule has 0 spiro atoms. The summed E-state index contributed by atoms with van der Waals surface area (Å²) in [5.74, 6) is 0.0955. The van der Waals surface area contributed by atoms with Crippen molar-refractivity contribution in [2.75, 3.05) is 0 Å². The van der Waals surface area contributed by atoms with Crippen molar-refractivity contribution in [3.63, 3.8) is 0 Å². The van der Waals surface area contributed by atoms with Crippen LogP contribution in [0.15, 0.2) is 24.8 Å². The van der Waals surface area contributed by atoms with Crippen molar-refractivity contribution >= 4 is 11.9 Å². The second-order valence-electron chi connectivity index (χ2n) is 2.83. The van der Waals surface area contributed by atoms with Gasteiger partial charge in [-0.3, -0.25) is 4.79 Å². The molecular weight excluding hydrogens is 148 g/mol. The zero-order valence-corrected chi connectivity index (χ0v) is 7.42. The normalized spacial score (nSPS) is 9.50. The van der Waals surface area contributed by atoms with Crippen LogP contribution < -0.4 is 0 Å². The number of ketones is 1. The van der Waals surface area contributed by atoms with Crippen molar-refractivity contribution in [1.29, 1.82) is 0 Å². The van der Waals surface area contributed by atoms with Crippen LogP contribution >= 0.6 is 0 Å². The summed E-state index contributed by atoms with van der Waals surface area (Å²) in [6.07, 6.45) is 1.77. The highest BCUT2D eigenvalue weighted by atomic mass is 16.1. The highest BCUT2D eigenvalue weighted by Crippen LogP contribution is 2.12. The lowest BCUT2D eigenvalue weighted by atomic mass is 10.0. The van der Waals surface area contributed by atoms with Gasteiger partial charge in [0, 0.05) is 5.56 Å². The van der Waals surface area contributed by atoms with Crippen molar-refractivity contribution in [2.45, 2.75) is 13.8 Å². The molecule has 1 nitrogen and oxygen atoms in total. The molecule has 0 saturated heterocycles. The number of Topliss-reactive ketones (excluding diaryl/α,β-unsaturated/α-hetero) is 1.